The minimum absolute atomic E-state index is 0.0134. The first kappa shape index (κ1) is 15.3. The monoisotopic (exact) mass is 292 g/mol. The highest BCUT2D eigenvalue weighted by Gasteiger charge is 2.19. The lowest BCUT2D eigenvalue weighted by Crippen LogP contribution is -2.48. The first-order chi connectivity index (χ1) is 10.0. The molecule has 0 saturated carbocycles. The number of hydrogen-bond donors (Lipinski definition) is 1. The number of benzene rings is 1. The number of carbonyl (C=O) groups excluding carboxylic acids is 1. The Labute approximate surface area is 123 Å². The topological polar surface area (TPSA) is 70.1 Å². The van der Waals surface area contributed by atoms with E-state index in [1.807, 2.05) is 7.05 Å². The van der Waals surface area contributed by atoms with Crippen molar-refractivity contribution in [3.8, 4) is 5.75 Å². The molecule has 1 amide bonds. The Balaban J connectivity index is 1.79. The molecule has 1 N–H and O–H groups in total. The van der Waals surface area contributed by atoms with E-state index >= 15 is 0 Å². The molecule has 0 bridgehead atoms. The fraction of sp³-hybridized carbons (Fsp3) is 0.467. The third kappa shape index (κ3) is 4.75. The summed E-state index contributed by atoms with van der Waals surface area (Å²) in [5, 5.41) is 8.69. The van der Waals surface area contributed by atoms with Crippen LogP contribution in [0.5, 0.6) is 5.75 Å². The van der Waals surface area contributed by atoms with Gasteiger partial charge in [-0.1, -0.05) is 12.1 Å². The summed E-state index contributed by atoms with van der Waals surface area (Å²) in [4.78, 5) is 26.6. The number of ether oxygens (including phenoxy) is 1. The minimum atomic E-state index is -0.867. The van der Waals surface area contributed by atoms with Gasteiger partial charge in [0.1, 0.15) is 5.75 Å². The summed E-state index contributed by atoms with van der Waals surface area (Å²) < 4.78 is 5.46. The summed E-state index contributed by atoms with van der Waals surface area (Å²) in [6.45, 7) is 3.25. The highest BCUT2D eigenvalue weighted by atomic mass is 16.5. The number of hydrogen-bond acceptors (Lipinski definition) is 4. The summed E-state index contributed by atoms with van der Waals surface area (Å²) >= 11 is 0. The van der Waals surface area contributed by atoms with Gasteiger partial charge in [0.15, 0.2) is 6.61 Å². The van der Waals surface area contributed by atoms with E-state index in [1.165, 1.54) is 0 Å². The highest BCUT2D eigenvalue weighted by molar-refractivity contribution is 5.78. The Morgan fingerprint density at radius 1 is 1.14 bits per heavy atom. The molecule has 1 fully saturated rings. The van der Waals surface area contributed by atoms with Gasteiger partial charge in [-0.05, 0) is 24.7 Å². The molecule has 1 aromatic rings. The fourth-order valence-electron chi connectivity index (χ4n) is 2.17. The maximum absolute atomic E-state index is 12.0. The third-order valence-electron chi connectivity index (χ3n) is 3.50. The van der Waals surface area contributed by atoms with Crippen molar-refractivity contribution in [3.63, 3.8) is 0 Å². The van der Waals surface area contributed by atoms with Crippen molar-refractivity contribution < 1.29 is 19.4 Å². The molecule has 0 radical (unpaired) electrons. The zero-order valence-electron chi connectivity index (χ0n) is 12.1. The lowest BCUT2D eigenvalue weighted by Gasteiger charge is -2.32. The van der Waals surface area contributed by atoms with Crippen LogP contribution in [-0.4, -0.2) is 66.6 Å². The summed E-state index contributed by atoms with van der Waals surface area (Å²) in [5.74, 6) is -0.307. The van der Waals surface area contributed by atoms with Gasteiger partial charge in [-0.3, -0.25) is 9.59 Å². The van der Waals surface area contributed by atoms with Gasteiger partial charge in [0, 0.05) is 26.2 Å². The molecule has 114 valence electrons. The van der Waals surface area contributed by atoms with E-state index in [-0.39, 0.29) is 18.9 Å². The van der Waals surface area contributed by atoms with Crippen molar-refractivity contribution >= 4 is 11.9 Å². The number of carbonyl (C=O) groups is 2. The maximum Gasteiger partial charge on any atom is 0.307 e. The average molecular weight is 292 g/mol. The fourth-order valence-corrected chi connectivity index (χ4v) is 2.17. The summed E-state index contributed by atoms with van der Waals surface area (Å²) in [5.41, 5.74) is 0.709. The average Bonchev–Trinajstić information content (AvgIpc) is 2.46. The number of amides is 1. The zero-order chi connectivity index (χ0) is 15.2. The van der Waals surface area contributed by atoms with Gasteiger partial charge in [-0.15, -0.1) is 0 Å². The SMILES string of the molecule is CN1CCN(C(=O)COc2ccc(CC(=O)O)cc2)CC1. The molecular formula is C15H20N2O4. The number of nitrogens with zero attached hydrogens (tertiary/aromatic N) is 2. The first-order valence-corrected chi connectivity index (χ1v) is 6.94. The second-order valence-corrected chi connectivity index (χ2v) is 5.19. The van der Waals surface area contributed by atoms with E-state index in [2.05, 4.69) is 4.90 Å². The molecule has 1 saturated heterocycles. The molecule has 21 heavy (non-hydrogen) atoms. The quantitative estimate of drug-likeness (QED) is 0.854. The van der Waals surface area contributed by atoms with E-state index in [0.29, 0.717) is 11.3 Å². The molecule has 0 spiro atoms. The van der Waals surface area contributed by atoms with Crippen molar-refractivity contribution in [3.05, 3.63) is 29.8 Å². The second kappa shape index (κ2) is 7.08. The Hall–Kier alpha value is -2.08. The molecule has 1 aromatic carbocycles. The number of carboxylic acid groups (broad SMARTS) is 1. The number of piperazine rings is 1. The van der Waals surface area contributed by atoms with Crippen LogP contribution in [0.3, 0.4) is 0 Å². The normalized spacial score (nSPS) is 15.8. The van der Waals surface area contributed by atoms with Crippen LogP contribution in [0, 0.1) is 0 Å². The lowest BCUT2D eigenvalue weighted by molar-refractivity contribution is -0.136. The Kier molecular flexibility index (Phi) is 5.16. The summed E-state index contributed by atoms with van der Waals surface area (Å²) in [6, 6.07) is 6.78. The molecule has 1 heterocycles. The van der Waals surface area contributed by atoms with Gasteiger partial charge < -0.3 is 19.6 Å². The van der Waals surface area contributed by atoms with E-state index in [0.717, 1.165) is 26.2 Å². The van der Waals surface area contributed by atoms with Gasteiger partial charge in [-0.2, -0.15) is 0 Å². The van der Waals surface area contributed by atoms with Crippen LogP contribution in [0.25, 0.3) is 0 Å². The largest absolute Gasteiger partial charge is 0.484 e. The van der Waals surface area contributed by atoms with E-state index < -0.39 is 5.97 Å². The molecule has 1 aliphatic rings. The van der Waals surface area contributed by atoms with Gasteiger partial charge in [0.25, 0.3) is 5.91 Å². The second-order valence-electron chi connectivity index (χ2n) is 5.19. The highest BCUT2D eigenvalue weighted by Crippen LogP contribution is 2.13. The smallest absolute Gasteiger partial charge is 0.307 e. The predicted octanol–water partition coefficient (Wildman–Crippen LogP) is 0.466. The lowest BCUT2D eigenvalue weighted by atomic mass is 10.1. The minimum Gasteiger partial charge on any atom is -0.484 e. The molecular weight excluding hydrogens is 272 g/mol. The molecule has 0 aliphatic carbocycles. The number of rotatable bonds is 5. The molecule has 0 unspecified atom stereocenters. The van der Waals surface area contributed by atoms with Crippen LogP contribution in [0.4, 0.5) is 0 Å². The maximum atomic E-state index is 12.0. The third-order valence-corrected chi connectivity index (χ3v) is 3.50. The van der Waals surface area contributed by atoms with Gasteiger partial charge in [0.05, 0.1) is 6.42 Å². The predicted molar refractivity (Wildman–Crippen MR) is 77.4 cm³/mol. The Morgan fingerprint density at radius 3 is 2.33 bits per heavy atom. The Morgan fingerprint density at radius 2 is 1.76 bits per heavy atom. The standard InChI is InChI=1S/C15H20N2O4/c1-16-6-8-17(9-7-16)14(18)11-21-13-4-2-12(3-5-13)10-15(19)20/h2-5H,6-11H2,1H3,(H,19,20). The zero-order valence-corrected chi connectivity index (χ0v) is 12.1. The molecule has 1 aliphatic heterocycles. The summed E-state index contributed by atoms with van der Waals surface area (Å²) in [7, 11) is 2.04. The van der Waals surface area contributed by atoms with Crippen LogP contribution in [0.15, 0.2) is 24.3 Å². The molecule has 6 nitrogen and oxygen atoms in total. The van der Waals surface area contributed by atoms with Gasteiger partial charge in [-0.25, -0.2) is 0 Å². The molecule has 6 heteroatoms. The van der Waals surface area contributed by atoms with Crippen molar-refractivity contribution in [2.24, 2.45) is 0 Å². The van der Waals surface area contributed by atoms with Crippen LogP contribution < -0.4 is 4.74 Å². The van der Waals surface area contributed by atoms with Crippen LogP contribution >= 0.6 is 0 Å². The van der Waals surface area contributed by atoms with Gasteiger partial charge in [0.2, 0.25) is 0 Å². The van der Waals surface area contributed by atoms with Gasteiger partial charge >= 0.3 is 5.97 Å². The summed E-state index contributed by atoms with van der Waals surface area (Å²) in [6.07, 6.45) is -0.0134. The Bertz CT molecular complexity index is 493. The number of aliphatic carboxylic acids is 1. The van der Waals surface area contributed by atoms with E-state index in [9.17, 15) is 9.59 Å². The van der Waals surface area contributed by atoms with Crippen molar-refractivity contribution in [1.82, 2.24) is 9.80 Å². The van der Waals surface area contributed by atoms with Crippen LogP contribution in [0.1, 0.15) is 5.56 Å². The number of likely N-dealkylation sites (N-methyl/N-ethyl adjacent to an activating group) is 1. The van der Waals surface area contributed by atoms with E-state index in [4.69, 9.17) is 9.84 Å². The molecule has 0 atom stereocenters. The van der Waals surface area contributed by atoms with Crippen molar-refractivity contribution in [2.45, 2.75) is 6.42 Å². The van der Waals surface area contributed by atoms with Crippen molar-refractivity contribution in [2.75, 3.05) is 39.8 Å². The first-order valence-electron chi connectivity index (χ1n) is 6.94. The van der Waals surface area contributed by atoms with Crippen LogP contribution in [0.2, 0.25) is 0 Å². The number of carboxylic acids is 1. The van der Waals surface area contributed by atoms with E-state index in [1.54, 1.807) is 29.2 Å². The molecule has 2 rings (SSSR count). The molecule has 0 aromatic heterocycles. The van der Waals surface area contributed by atoms with Crippen molar-refractivity contribution in [1.29, 1.82) is 0 Å². The van der Waals surface area contributed by atoms with Crippen LogP contribution in [-0.2, 0) is 16.0 Å².